The fraction of sp³-hybridized carbons (Fsp3) is 0.533. The van der Waals surface area contributed by atoms with Gasteiger partial charge < -0.3 is 11.1 Å². The summed E-state index contributed by atoms with van der Waals surface area (Å²) in [6.45, 7) is 3.10. The highest BCUT2D eigenvalue weighted by atomic mass is 32.1. The summed E-state index contributed by atoms with van der Waals surface area (Å²) in [7, 11) is 0. The third-order valence-electron chi connectivity index (χ3n) is 2.77. The lowest BCUT2D eigenvalue weighted by Gasteiger charge is -2.04. The molecule has 1 aromatic heterocycles. The van der Waals surface area contributed by atoms with E-state index in [0.29, 0.717) is 19.5 Å². The number of carbonyl (C=O) groups excluding carboxylic acids is 1. The molecule has 0 aliphatic rings. The normalized spacial score (nSPS) is 9.79. The molecular formula is C15H22N2OS. The van der Waals surface area contributed by atoms with Gasteiger partial charge in [0.1, 0.15) is 0 Å². The minimum Gasteiger partial charge on any atom is -0.351 e. The second-order valence-electron chi connectivity index (χ2n) is 4.35. The molecule has 104 valence electrons. The number of amides is 1. The first-order valence-corrected chi connectivity index (χ1v) is 7.68. The zero-order chi connectivity index (χ0) is 13.9. The van der Waals surface area contributed by atoms with Crippen LogP contribution in [0, 0.1) is 11.8 Å². The van der Waals surface area contributed by atoms with E-state index in [1.54, 1.807) is 11.3 Å². The molecule has 0 aliphatic heterocycles. The van der Waals surface area contributed by atoms with E-state index < -0.39 is 0 Å². The van der Waals surface area contributed by atoms with Crippen LogP contribution in [0.5, 0.6) is 0 Å². The van der Waals surface area contributed by atoms with Gasteiger partial charge in [-0.15, -0.1) is 11.3 Å². The largest absolute Gasteiger partial charge is 0.351 e. The van der Waals surface area contributed by atoms with E-state index in [9.17, 15) is 4.79 Å². The van der Waals surface area contributed by atoms with Gasteiger partial charge in [-0.1, -0.05) is 38.0 Å². The summed E-state index contributed by atoms with van der Waals surface area (Å²) in [6.07, 6.45) is 5.13. The van der Waals surface area contributed by atoms with E-state index in [-0.39, 0.29) is 5.91 Å². The summed E-state index contributed by atoms with van der Waals surface area (Å²) >= 11 is 1.62. The van der Waals surface area contributed by atoms with Crippen molar-refractivity contribution in [3.63, 3.8) is 0 Å². The second-order valence-corrected chi connectivity index (χ2v) is 5.35. The van der Waals surface area contributed by atoms with E-state index in [2.05, 4.69) is 24.1 Å². The molecule has 0 unspecified atom stereocenters. The third-order valence-corrected chi connectivity index (χ3v) is 3.69. The molecule has 1 rings (SSSR count). The van der Waals surface area contributed by atoms with Crippen molar-refractivity contribution in [1.82, 2.24) is 5.32 Å². The topological polar surface area (TPSA) is 55.1 Å². The van der Waals surface area contributed by atoms with Crippen molar-refractivity contribution in [2.45, 2.75) is 45.6 Å². The zero-order valence-corrected chi connectivity index (χ0v) is 12.3. The Morgan fingerprint density at radius 1 is 1.42 bits per heavy atom. The van der Waals surface area contributed by atoms with Gasteiger partial charge in [0.05, 0.1) is 13.1 Å². The van der Waals surface area contributed by atoms with Gasteiger partial charge in [-0.2, -0.15) is 0 Å². The van der Waals surface area contributed by atoms with Crippen molar-refractivity contribution >= 4 is 17.2 Å². The van der Waals surface area contributed by atoms with Crippen molar-refractivity contribution in [3.8, 4) is 11.8 Å². The molecule has 0 spiro atoms. The Labute approximate surface area is 119 Å². The molecule has 0 fully saturated rings. The van der Waals surface area contributed by atoms with Crippen LogP contribution < -0.4 is 11.1 Å². The molecular weight excluding hydrogens is 256 g/mol. The molecule has 0 aromatic carbocycles. The van der Waals surface area contributed by atoms with E-state index in [1.165, 1.54) is 12.8 Å². The Balaban J connectivity index is 2.32. The number of thiophene rings is 1. The Morgan fingerprint density at radius 2 is 2.26 bits per heavy atom. The summed E-state index contributed by atoms with van der Waals surface area (Å²) in [5, 5.41) is 4.94. The van der Waals surface area contributed by atoms with Gasteiger partial charge in [-0.05, 0) is 17.9 Å². The molecule has 4 heteroatoms. The fourth-order valence-corrected chi connectivity index (χ4v) is 2.48. The quantitative estimate of drug-likeness (QED) is 0.595. The van der Waals surface area contributed by atoms with E-state index in [1.807, 2.05) is 11.4 Å². The third kappa shape index (κ3) is 6.42. The van der Waals surface area contributed by atoms with Gasteiger partial charge in [-0.3, -0.25) is 4.79 Å². The number of nitrogens with one attached hydrogen (secondary N) is 1. The summed E-state index contributed by atoms with van der Waals surface area (Å²) < 4.78 is 0. The molecule has 0 bridgehead atoms. The average molecular weight is 278 g/mol. The van der Waals surface area contributed by atoms with E-state index in [4.69, 9.17) is 5.73 Å². The van der Waals surface area contributed by atoms with Crippen LogP contribution >= 0.6 is 11.3 Å². The van der Waals surface area contributed by atoms with Crippen LogP contribution in [-0.2, 0) is 11.3 Å². The maximum absolute atomic E-state index is 11.7. The first kappa shape index (κ1) is 15.7. The van der Waals surface area contributed by atoms with Crippen molar-refractivity contribution in [1.29, 1.82) is 0 Å². The maximum atomic E-state index is 11.7. The molecule has 0 atom stereocenters. The molecule has 0 saturated heterocycles. The van der Waals surface area contributed by atoms with Gasteiger partial charge >= 0.3 is 0 Å². The number of unbranched alkanes of at least 4 members (excludes halogenated alkanes) is 3. The highest BCUT2D eigenvalue weighted by Gasteiger charge is 2.05. The van der Waals surface area contributed by atoms with Crippen LogP contribution in [0.25, 0.3) is 0 Å². The number of rotatable bonds is 7. The summed E-state index contributed by atoms with van der Waals surface area (Å²) in [5.41, 5.74) is 6.33. The van der Waals surface area contributed by atoms with Gasteiger partial charge in [0.15, 0.2) is 0 Å². The zero-order valence-electron chi connectivity index (χ0n) is 11.5. The van der Waals surface area contributed by atoms with Crippen LogP contribution in [-0.4, -0.2) is 12.5 Å². The van der Waals surface area contributed by atoms with Crippen LogP contribution in [0.2, 0.25) is 0 Å². The highest BCUT2D eigenvalue weighted by molar-refractivity contribution is 7.10. The summed E-state index contributed by atoms with van der Waals surface area (Å²) in [4.78, 5) is 12.8. The highest BCUT2D eigenvalue weighted by Crippen LogP contribution is 2.15. The lowest BCUT2D eigenvalue weighted by Crippen LogP contribution is -2.22. The van der Waals surface area contributed by atoms with Crippen molar-refractivity contribution < 1.29 is 4.79 Å². The van der Waals surface area contributed by atoms with Gasteiger partial charge in [-0.25, -0.2) is 0 Å². The summed E-state index contributed by atoms with van der Waals surface area (Å²) in [5.74, 6) is 5.99. The van der Waals surface area contributed by atoms with Crippen LogP contribution in [0.15, 0.2) is 11.4 Å². The Bertz CT molecular complexity index is 442. The number of hydrogen-bond donors (Lipinski definition) is 2. The first-order valence-electron chi connectivity index (χ1n) is 6.80. The fourth-order valence-electron chi connectivity index (χ4n) is 1.71. The number of carbonyl (C=O) groups is 1. The Hall–Kier alpha value is -1.31. The van der Waals surface area contributed by atoms with Crippen LogP contribution in [0.4, 0.5) is 0 Å². The standard InChI is InChI=1S/C15H22N2OS/c1-2-3-4-5-8-15(18)17-12-14-13(7-6-10-16)9-11-19-14/h9,11H,2-5,8,10,12,16H2,1H3,(H,17,18). The van der Waals surface area contributed by atoms with Gasteiger partial charge in [0.25, 0.3) is 0 Å². The van der Waals surface area contributed by atoms with Crippen molar-refractivity contribution in [3.05, 3.63) is 21.9 Å². The molecule has 19 heavy (non-hydrogen) atoms. The number of hydrogen-bond acceptors (Lipinski definition) is 3. The minimum absolute atomic E-state index is 0.127. The minimum atomic E-state index is 0.127. The molecule has 1 amide bonds. The molecule has 1 heterocycles. The molecule has 0 radical (unpaired) electrons. The lowest BCUT2D eigenvalue weighted by molar-refractivity contribution is -0.121. The Morgan fingerprint density at radius 3 is 3.00 bits per heavy atom. The van der Waals surface area contributed by atoms with Crippen LogP contribution in [0.3, 0.4) is 0 Å². The molecule has 3 nitrogen and oxygen atoms in total. The molecule has 1 aromatic rings. The lowest BCUT2D eigenvalue weighted by atomic mass is 10.1. The average Bonchev–Trinajstić information content (AvgIpc) is 2.86. The molecule has 0 saturated carbocycles. The van der Waals surface area contributed by atoms with Crippen molar-refractivity contribution in [2.24, 2.45) is 5.73 Å². The van der Waals surface area contributed by atoms with Crippen LogP contribution in [0.1, 0.15) is 49.5 Å². The predicted octanol–water partition coefficient (Wildman–Crippen LogP) is 2.64. The Kier molecular flexibility index (Phi) is 7.95. The summed E-state index contributed by atoms with van der Waals surface area (Å²) in [6, 6.07) is 1.97. The van der Waals surface area contributed by atoms with Crippen molar-refractivity contribution in [2.75, 3.05) is 6.54 Å². The number of nitrogens with two attached hydrogens (primary N) is 1. The monoisotopic (exact) mass is 278 g/mol. The first-order chi connectivity index (χ1) is 9.27. The SMILES string of the molecule is CCCCCCC(=O)NCc1sccc1C#CCN. The molecule has 0 aliphatic carbocycles. The van der Waals surface area contributed by atoms with Gasteiger partial charge in [0, 0.05) is 16.9 Å². The second kappa shape index (κ2) is 9.60. The molecule has 3 N–H and O–H groups in total. The van der Waals surface area contributed by atoms with Gasteiger partial charge in [0.2, 0.25) is 5.91 Å². The van der Waals surface area contributed by atoms with E-state index in [0.717, 1.165) is 23.3 Å². The van der Waals surface area contributed by atoms with E-state index >= 15 is 0 Å². The predicted molar refractivity (Wildman–Crippen MR) is 80.9 cm³/mol. The maximum Gasteiger partial charge on any atom is 0.220 e. The smallest absolute Gasteiger partial charge is 0.220 e.